The van der Waals surface area contributed by atoms with Crippen molar-refractivity contribution in [3.63, 3.8) is 0 Å². The van der Waals surface area contributed by atoms with Crippen LogP contribution in [-0.2, 0) is 4.79 Å². The van der Waals surface area contributed by atoms with Crippen molar-refractivity contribution in [2.75, 3.05) is 61.2 Å². The Morgan fingerprint density at radius 2 is 1.82 bits per heavy atom. The van der Waals surface area contributed by atoms with Crippen LogP contribution < -0.4 is 15.5 Å². The Hall–Kier alpha value is -2.62. The second-order valence-electron chi connectivity index (χ2n) is 7.56. The molecule has 0 saturated carbocycles. The molecule has 0 aliphatic carbocycles. The van der Waals surface area contributed by atoms with E-state index in [-0.39, 0.29) is 0 Å². The second kappa shape index (κ2) is 21.3. The van der Waals surface area contributed by atoms with E-state index < -0.39 is 0 Å². The number of benzene rings is 1. The summed E-state index contributed by atoms with van der Waals surface area (Å²) in [5.41, 5.74) is 2.19. The third kappa shape index (κ3) is 12.8. The number of nitrogens with zero attached hydrogens (tertiary/aromatic N) is 5. The standard InChI is InChI=1S/C16H24N6OS.C8H10ClN.2C2H6/c1-4-21-5-7-22(8-6-21)16-9-15(19-13(2)20-16)18-12-24-14(11-23)10-17-3;1-6-4-3-5-7(9)8(6)10-2;2*1-2/h9-11H,3-8,12H2,1-2H3,(H,18,19,20);3-5,10H,1-2H3;2*1-2H3/b14-10-;;;. The number of halogens is 1. The van der Waals surface area contributed by atoms with Gasteiger partial charge >= 0.3 is 0 Å². The van der Waals surface area contributed by atoms with Gasteiger partial charge in [-0.15, -0.1) is 0 Å². The highest BCUT2D eigenvalue weighted by atomic mass is 35.5. The number of hydrogen-bond acceptors (Lipinski definition) is 9. The van der Waals surface area contributed by atoms with Crippen molar-refractivity contribution < 1.29 is 4.79 Å². The summed E-state index contributed by atoms with van der Waals surface area (Å²) in [5, 5.41) is 7.03. The van der Waals surface area contributed by atoms with Gasteiger partial charge in [0, 0.05) is 45.5 Å². The Kier molecular flexibility index (Phi) is 19.9. The average molecular weight is 564 g/mol. The van der Waals surface area contributed by atoms with Crippen LogP contribution >= 0.6 is 23.4 Å². The quantitative estimate of drug-likeness (QED) is 0.154. The predicted octanol–water partition coefficient (Wildman–Crippen LogP) is 6.51. The van der Waals surface area contributed by atoms with Crippen molar-refractivity contribution in [1.82, 2.24) is 14.9 Å². The smallest absolute Gasteiger partial charge is 0.158 e. The van der Waals surface area contributed by atoms with Gasteiger partial charge in [0.1, 0.15) is 17.5 Å². The molecule has 1 aromatic carbocycles. The van der Waals surface area contributed by atoms with Gasteiger partial charge in [-0.1, -0.05) is 70.1 Å². The number of likely N-dealkylation sites (N-methyl/N-ethyl adjacent to an activating group) is 1. The zero-order chi connectivity index (χ0) is 28.9. The molecule has 2 aromatic rings. The van der Waals surface area contributed by atoms with E-state index in [9.17, 15) is 4.79 Å². The van der Waals surface area contributed by atoms with Gasteiger partial charge in [-0.2, -0.15) is 0 Å². The van der Waals surface area contributed by atoms with Crippen LogP contribution in [-0.4, -0.2) is 73.5 Å². The van der Waals surface area contributed by atoms with Crippen LogP contribution in [0.15, 0.2) is 40.4 Å². The molecular weight excluding hydrogens is 518 g/mol. The first-order chi connectivity index (χ1) is 18.4. The van der Waals surface area contributed by atoms with Crippen LogP contribution in [0, 0.1) is 13.8 Å². The second-order valence-corrected chi connectivity index (χ2v) is 9.01. The van der Waals surface area contributed by atoms with Crippen molar-refractivity contribution >= 4 is 53.7 Å². The number of aryl methyl sites for hydroxylation is 2. The van der Waals surface area contributed by atoms with Crippen molar-refractivity contribution in [3.05, 3.63) is 51.8 Å². The van der Waals surface area contributed by atoms with Gasteiger partial charge in [-0.25, -0.2) is 9.97 Å². The van der Waals surface area contributed by atoms with Gasteiger partial charge in [0.15, 0.2) is 6.29 Å². The minimum absolute atomic E-state index is 0.527. The number of allylic oxidation sites excluding steroid dienone is 1. The number of anilines is 3. The summed E-state index contributed by atoms with van der Waals surface area (Å²) in [7, 11) is 1.87. The van der Waals surface area contributed by atoms with E-state index in [1.54, 1.807) is 0 Å². The maximum absolute atomic E-state index is 10.9. The van der Waals surface area contributed by atoms with Crippen molar-refractivity contribution in [2.45, 2.75) is 48.5 Å². The Balaban J connectivity index is 0.000000813. The number of thioether (sulfide) groups is 1. The first-order valence-corrected chi connectivity index (χ1v) is 14.5. The van der Waals surface area contributed by atoms with Gasteiger partial charge in [-0.3, -0.25) is 9.79 Å². The number of aromatic nitrogens is 2. The van der Waals surface area contributed by atoms with E-state index in [1.165, 1.54) is 23.5 Å². The van der Waals surface area contributed by atoms with Crippen molar-refractivity contribution in [1.29, 1.82) is 0 Å². The van der Waals surface area contributed by atoms with Crippen LogP contribution in [0.3, 0.4) is 0 Å². The monoisotopic (exact) mass is 563 g/mol. The summed E-state index contributed by atoms with van der Waals surface area (Å²) >= 11 is 7.23. The minimum atomic E-state index is 0.527. The van der Waals surface area contributed by atoms with Crippen LogP contribution in [0.25, 0.3) is 0 Å². The SMILES string of the molecule is C=N/C=C(/C=O)SCNc1cc(N2CCN(CC)CC2)nc(C)n1.CC.CC.CNc1c(C)cccc1Cl. The zero-order valence-electron chi connectivity index (χ0n) is 24.3. The third-order valence-corrected chi connectivity index (χ3v) is 6.41. The Morgan fingerprint density at radius 3 is 2.32 bits per heavy atom. The number of nitrogens with one attached hydrogen (secondary N) is 2. The lowest BCUT2D eigenvalue weighted by atomic mass is 10.2. The molecule has 1 aliphatic heterocycles. The fraction of sp³-hybridized carbons (Fsp3) is 0.500. The van der Waals surface area contributed by atoms with Crippen LogP contribution in [0.1, 0.15) is 46.0 Å². The van der Waals surface area contributed by atoms with Crippen LogP contribution in [0.5, 0.6) is 0 Å². The summed E-state index contributed by atoms with van der Waals surface area (Å²) in [6.45, 7) is 22.6. The molecule has 8 nitrogen and oxygen atoms in total. The largest absolute Gasteiger partial charge is 0.387 e. The summed E-state index contributed by atoms with van der Waals surface area (Å²) in [4.78, 5) is 28.7. The lowest BCUT2D eigenvalue weighted by Crippen LogP contribution is -2.46. The molecule has 1 fully saturated rings. The van der Waals surface area contributed by atoms with E-state index in [0.717, 1.165) is 67.2 Å². The van der Waals surface area contributed by atoms with Crippen LogP contribution in [0.2, 0.25) is 5.02 Å². The highest BCUT2D eigenvalue weighted by Gasteiger charge is 2.17. The van der Waals surface area contributed by atoms with E-state index in [2.05, 4.69) is 49.0 Å². The zero-order valence-corrected chi connectivity index (χ0v) is 25.9. The molecule has 1 saturated heterocycles. The number of piperazine rings is 1. The van der Waals surface area contributed by atoms with Gasteiger partial charge in [0.05, 0.1) is 21.5 Å². The molecule has 212 valence electrons. The summed E-state index contributed by atoms with van der Waals surface area (Å²) < 4.78 is 0. The minimum Gasteiger partial charge on any atom is -0.387 e. The average Bonchev–Trinajstić information content (AvgIpc) is 2.95. The maximum atomic E-state index is 10.9. The molecule has 0 radical (unpaired) electrons. The summed E-state index contributed by atoms with van der Waals surface area (Å²) in [6.07, 6.45) is 2.22. The Morgan fingerprint density at radius 1 is 1.16 bits per heavy atom. The van der Waals surface area contributed by atoms with Gasteiger partial charge in [-0.05, 0) is 38.7 Å². The molecule has 1 aliphatic rings. The number of carbonyl (C=O) groups excluding carboxylic acids is 1. The van der Waals surface area contributed by atoms with Gasteiger partial charge < -0.3 is 20.4 Å². The lowest BCUT2D eigenvalue weighted by Gasteiger charge is -2.34. The molecule has 0 unspecified atom stereocenters. The number of hydrogen-bond donors (Lipinski definition) is 2. The van der Waals surface area contributed by atoms with E-state index in [4.69, 9.17) is 11.6 Å². The number of aliphatic imine (C=N–C) groups is 1. The molecule has 0 bridgehead atoms. The summed E-state index contributed by atoms with van der Waals surface area (Å²) in [5.74, 6) is 2.97. The Bertz CT molecular complexity index is 959. The fourth-order valence-corrected chi connectivity index (χ4v) is 4.35. The molecule has 0 atom stereocenters. The molecular formula is C28H46ClN7OS. The molecule has 2 heterocycles. The van der Waals surface area contributed by atoms with Crippen LogP contribution in [0.4, 0.5) is 17.3 Å². The highest BCUT2D eigenvalue weighted by molar-refractivity contribution is 8.03. The molecule has 1 aromatic heterocycles. The molecule has 0 spiro atoms. The molecule has 38 heavy (non-hydrogen) atoms. The fourth-order valence-electron chi connectivity index (χ4n) is 3.43. The van der Waals surface area contributed by atoms with Crippen molar-refractivity contribution in [3.8, 4) is 0 Å². The third-order valence-electron chi connectivity index (χ3n) is 5.27. The molecule has 3 rings (SSSR count). The van der Waals surface area contributed by atoms with E-state index in [0.29, 0.717) is 10.8 Å². The lowest BCUT2D eigenvalue weighted by molar-refractivity contribution is -0.104. The number of carbonyl (C=O) groups is 1. The Labute approximate surface area is 239 Å². The first kappa shape index (κ1) is 35.4. The first-order valence-electron chi connectivity index (χ1n) is 13.2. The van der Waals surface area contributed by atoms with E-state index >= 15 is 0 Å². The predicted molar refractivity (Wildman–Crippen MR) is 169 cm³/mol. The van der Waals surface area contributed by atoms with Crippen molar-refractivity contribution in [2.24, 2.45) is 4.99 Å². The van der Waals surface area contributed by atoms with E-state index in [1.807, 2.05) is 72.9 Å². The number of rotatable bonds is 9. The van der Waals surface area contributed by atoms with Gasteiger partial charge in [0.2, 0.25) is 0 Å². The summed E-state index contributed by atoms with van der Waals surface area (Å²) in [6, 6.07) is 7.81. The number of para-hydroxylation sites is 1. The molecule has 0 amide bonds. The normalized spacial score (nSPS) is 13.0. The topological polar surface area (TPSA) is 85.8 Å². The maximum Gasteiger partial charge on any atom is 0.158 e. The highest BCUT2D eigenvalue weighted by Crippen LogP contribution is 2.24. The molecule has 2 N–H and O–H groups in total. The number of aldehydes is 1. The van der Waals surface area contributed by atoms with Gasteiger partial charge in [0.25, 0.3) is 0 Å². The molecule has 10 heteroatoms.